The first-order valence-electron chi connectivity index (χ1n) is 12.5. The Labute approximate surface area is 234 Å². The molecule has 1 aliphatic rings. The fourth-order valence-electron chi connectivity index (χ4n) is 4.43. The molecule has 1 fully saturated rings. The Morgan fingerprint density at radius 3 is 2.46 bits per heavy atom. The fraction of sp³-hybridized carbons (Fsp3) is 0.269. The molecule has 0 unspecified atom stereocenters. The summed E-state index contributed by atoms with van der Waals surface area (Å²) in [5, 5.41) is 6.38. The summed E-state index contributed by atoms with van der Waals surface area (Å²) in [6, 6.07) is 13.8. The standard InChI is InChI=1S/C26H27ClN6O4S2/c27-23-10-11-24(38-23)39(36,37)31-26(35)30-18-4-7-20(8-5-18)33-17-29-22-16-19(6-9-21(22)25(33)34)28-12-15-32-13-2-1-3-14-32/h4-11,16-17,28H,1-3,12-15H2,(H2,30,31,35). The van der Waals surface area contributed by atoms with Crippen molar-refractivity contribution in [1.29, 1.82) is 0 Å². The van der Waals surface area contributed by atoms with Crippen LogP contribution >= 0.6 is 22.9 Å². The van der Waals surface area contributed by atoms with E-state index in [2.05, 4.69) is 20.5 Å². The number of urea groups is 1. The summed E-state index contributed by atoms with van der Waals surface area (Å²) in [6.45, 7) is 4.12. The molecule has 13 heteroatoms. The molecule has 0 aliphatic carbocycles. The lowest BCUT2D eigenvalue weighted by atomic mass is 10.1. The number of carbonyl (C=O) groups excluding carboxylic acids is 1. The van der Waals surface area contributed by atoms with Crippen molar-refractivity contribution < 1.29 is 13.2 Å². The Morgan fingerprint density at radius 2 is 1.74 bits per heavy atom. The fourth-order valence-corrected chi connectivity index (χ4v) is 6.82. The van der Waals surface area contributed by atoms with Gasteiger partial charge in [-0.1, -0.05) is 18.0 Å². The van der Waals surface area contributed by atoms with E-state index >= 15 is 0 Å². The number of amides is 2. The summed E-state index contributed by atoms with van der Waals surface area (Å²) >= 11 is 6.63. The number of sulfonamides is 1. The number of piperidine rings is 1. The number of thiophene rings is 1. The predicted octanol–water partition coefficient (Wildman–Crippen LogP) is 4.51. The predicted molar refractivity (Wildman–Crippen MR) is 155 cm³/mol. The monoisotopic (exact) mass is 586 g/mol. The number of anilines is 2. The zero-order chi connectivity index (χ0) is 27.4. The number of rotatable bonds is 8. The molecule has 2 amide bonds. The number of nitrogens with one attached hydrogen (secondary N) is 3. The van der Waals surface area contributed by atoms with E-state index in [0.29, 0.717) is 26.6 Å². The van der Waals surface area contributed by atoms with Crippen molar-refractivity contribution in [2.75, 3.05) is 36.8 Å². The molecule has 0 radical (unpaired) electrons. The molecule has 1 aliphatic heterocycles. The number of hydrogen-bond donors (Lipinski definition) is 3. The Morgan fingerprint density at radius 1 is 1.00 bits per heavy atom. The largest absolute Gasteiger partial charge is 0.384 e. The SMILES string of the molecule is O=C(Nc1ccc(-n2cnc3cc(NCCN4CCCCC4)ccc3c2=O)cc1)NS(=O)(=O)c1ccc(Cl)s1. The highest BCUT2D eigenvalue weighted by Crippen LogP contribution is 2.25. The molecular weight excluding hydrogens is 560 g/mol. The van der Waals surface area contributed by atoms with Crippen LogP contribution < -0.4 is 20.9 Å². The van der Waals surface area contributed by atoms with Crippen LogP contribution in [0, 0.1) is 0 Å². The lowest BCUT2D eigenvalue weighted by Gasteiger charge is -2.26. The Balaban J connectivity index is 1.23. The third-order valence-electron chi connectivity index (χ3n) is 6.41. The van der Waals surface area contributed by atoms with Crippen LogP contribution in [0.2, 0.25) is 4.34 Å². The van der Waals surface area contributed by atoms with Crippen molar-refractivity contribution in [1.82, 2.24) is 19.2 Å². The van der Waals surface area contributed by atoms with Crippen LogP contribution in [0.15, 0.2) is 69.9 Å². The minimum atomic E-state index is -4.04. The molecule has 0 saturated carbocycles. The van der Waals surface area contributed by atoms with Crippen LogP contribution in [-0.4, -0.2) is 55.1 Å². The van der Waals surface area contributed by atoms with Gasteiger partial charge in [0.15, 0.2) is 0 Å². The van der Waals surface area contributed by atoms with Gasteiger partial charge < -0.3 is 15.5 Å². The smallest absolute Gasteiger partial charge is 0.333 e. The van der Waals surface area contributed by atoms with E-state index in [1.54, 1.807) is 30.3 Å². The van der Waals surface area contributed by atoms with Gasteiger partial charge in [0.2, 0.25) is 0 Å². The van der Waals surface area contributed by atoms with Crippen LogP contribution in [0.1, 0.15) is 19.3 Å². The van der Waals surface area contributed by atoms with E-state index in [-0.39, 0.29) is 9.77 Å². The highest BCUT2D eigenvalue weighted by molar-refractivity contribution is 7.92. The first kappa shape index (κ1) is 27.1. The maximum Gasteiger partial charge on any atom is 0.333 e. The lowest BCUT2D eigenvalue weighted by molar-refractivity contribution is 0.237. The number of benzene rings is 2. The maximum absolute atomic E-state index is 13.2. The molecule has 5 rings (SSSR count). The van der Waals surface area contributed by atoms with Gasteiger partial charge in [0.05, 0.1) is 20.9 Å². The molecule has 10 nitrogen and oxygen atoms in total. The van der Waals surface area contributed by atoms with E-state index < -0.39 is 16.1 Å². The minimum Gasteiger partial charge on any atom is -0.384 e. The van der Waals surface area contributed by atoms with Crippen molar-refractivity contribution in [3.63, 3.8) is 0 Å². The van der Waals surface area contributed by atoms with Crippen molar-refractivity contribution in [2.24, 2.45) is 0 Å². The third kappa shape index (κ3) is 6.59. The Hall–Kier alpha value is -3.45. The summed E-state index contributed by atoms with van der Waals surface area (Å²) in [5.74, 6) is 0. The number of fused-ring (bicyclic) bond motifs is 1. The first-order valence-corrected chi connectivity index (χ1v) is 15.1. The average Bonchev–Trinajstić information content (AvgIpc) is 3.37. The molecule has 3 heterocycles. The topological polar surface area (TPSA) is 125 Å². The van der Waals surface area contributed by atoms with Crippen LogP contribution in [0.25, 0.3) is 16.6 Å². The quantitative estimate of drug-likeness (QED) is 0.277. The van der Waals surface area contributed by atoms with Gasteiger partial charge in [-0.2, -0.15) is 0 Å². The normalized spacial score (nSPS) is 14.3. The zero-order valence-corrected chi connectivity index (χ0v) is 23.3. The molecule has 39 heavy (non-hydrogen) atoms. The minimum absolute atomic E-state index is 0.0680. The second-order valence-corrected chi connectivity index (χ2v) is 12.8. The Bertz CT molecular complexity index is 1650. The molecule has 3 N–H and O–H groups in total. The second-order valence-electron chi connectivity index (χ2n) is 9.15. The van der Waals surface area contributed by atoms with Gasteiger partial charge in [-0.05, 0) is 80.5 Å². The van der Waals surface area contributed by atoms with E-state index in [1.165, 1.54) is 42.3 Å². The van der Waals surface area contributed by atoms with Crippen molar-refractivity contribution >= 4 is 61.3 Å². The molecule has 0 spiro atoms. The number of nitrogens with zero attached hydrogens (tertiary/aromatic N) is 3. The van der Waals surface area contributed by atoms with Gasteiger partial charge in [0.25, 0.3) is 15.6 Å². The lowest BCUT2D eigenvalue weighted by Crippen LogP contribution is -2.33. The summed E-state index contributed by atoms with van der Waals surface area (Å²) in [6.07, 6.45) is 5.30. The van der Waals surface area contributed by atoms with Crippen LogP contribution in [0.4, 0.5) is 16.2 Å². The molecule has 0 bridgehead atoms. The van der Waals surface area contributed by atoms with Gasteiger partial charge in [-0.25, -0.2) is 22.9 Å². The molecule has 4 aromatic rings. The highest BCUT2D eigenvalue weighted by atomic mass is 35.5. The van der Waals surface area contributed by atoms with E-state index in [4.69, 9.17) is 11.6 Å². The van der Waals surface area contributed by atoms with Crippen molar-refractivity contribution in [2.45, 2.75) is 23.5 Å². The van der Waals surface area contributed by atoms with Crippen molar-refractivity contribution in [3.05, 3.63) is 75.6 Å². The first-order chi connectivity index (χ1) is 18.8. The summed E-state index contributed by atoms with van der Waals surface area (Å²) in [5.41, 5.74) is 2.19. The molecule has 0 atom stereocenters. The number of likely N-dealkylation sites (tertiary alicyclic amines) is 1. The van der Waals surface area contributed by atoms with E-state index in [9.17, 15) is 18.0 Å². The van der Waals surface area contributed by atoms with E-state index in [0.717, 1.165) is 43.2 Å². The van der Waals surface area contributed by atoms with Gasteiger partial charge in [-0.15, -0.1) is 11.3 Å². The van der Waals surface area contributed by atoms with Gasteiger partial charge >= 0.3 is 6.03 Å². The van der Waals surface area contributed by atoms with Crippen molar-refractivity contribution in [3.8, 4) is 5.69 Å². The Kier molecular flexibility index (Phi) is 8.17. The summed E-state index contributed by atoms with van der Waals surface area (Å²) < 4.78 is 28.2. The molecule has 2 aromatic carbocycles. The maximum atomic E-state index is 13.2. The third-order valence-corrected chi connectivity index (χ3v) is 9.46. The second kappa shape index (κ2) is 11.7. The molecular formula is C26H27ClN6O4S2. The summed E-state index contributed by atoms with van der Waals surface area (Å²) in [7, 11) is -4.04. The number of halogens is 1. The number of hydrogen-bond acceptors (Lipinski definition) is 8. The van der Waals surface area contributed by atoms with Crippen LogP contribution in [0.5, 0.6) is 0 Å². The van der Waals surface area contributed by atoms with Gasteiger partial charge in [-0.3, -0.25) is 9.36 Å². The zero-order valence-electron chi connectivity index (χ0n) is 20.9. The average molecular weight is 587 g/mol. The number of carbonyl (C=O) groups is 1. The highest BCUT2D eigenvalue weighted by Gasteiger charge is 2.20. The van der Waals surface area contributed by atoms with E-state index in [1.807, 2.05) is 16.9 Å². The van der Waals surface area contributed by atoms with Crippen LogP contribution in [0.3, 0.4) is 0 Å². The molecule has 204 valence electrons. The number of aromatic nitrogens is 2. The van der Waals surface area contributed by atoms with Crippen LogP contribution in [-0.2, 0) is 10.0 Å². The van der Waals surface area contributed by atoms with Gasteiger partial charge in [0, 0.05) is 24.5 Å². The molecule has 2 aromatic heterocycles. The molecule has 1 saturated heterocycles. The van der Waals surface area contributed by atoms with Gasteiger partial charge in [0.1, 0.15) is 10.5 Å². The summed E-state index contributed by atoms with van der Waals surface area (Å²) in [4.78, 5) is 32.3.